The average molecular weight is 246 g/mol. The van der Waals surface area contributed by atoms with Crippen molar-refractivity contribution in [3.63, 3.8) is 0 Å². The summed E-state index contributed by atoms with van der Waals surface area (Å²) in [5.41, 5.74) is 2.67. The molecule has 2 nitrogen and oxygen atoms in total. The molecule has 0 saturated heterocycles. The zero-order valence-electron chi connectivity index (χ0n) is 11.5. The summed E-state index contributed by atoms with van der Waals surface area (Å²) >= 11 is 0. The summed E-state index contributed by atoms with van der Waals surface area (Å²) in [6.45, 7) is 2.18. The molecule has 0 aromatic heterocycles. The minimum Gasteiger partial charge on any atom is -0.497 e. The monoisotopic (exact) mass is 246 g/mol. The van der Waals surface area contributed by atoms with Crippen LogP contribution in [-0.2, 0) is 10.3 Å². The normalized spacial score (nSPS) is 33.9. The van der Waals surface area contributed by atoms with Crippen LogP contribution >= 0.6 is 0 Å². The van der Waals surface area contributed by atoms with Gasteiger partial charge in [-0.3, -0.25) is 0 Å². The quantitative estimate of drug-likeness (QED) is 0.810. The van der Waals surface area contributed by atoms with Gasteiger partial charge in [0, 0.05) is 7.11 Å². The van der Waals surface area contributed by atoms with E-state index in [0.29, 0.717) is 11.8 Å². The highest BCUT2D eigenvalue weighted by Gasteiger charge is 2.56. The second kappa shape index (κ2) is 4.27. The number of ether oxygens (including phenoxy) is 2. The molecule has 2 saturated carbocycles. The Morgan fingerprint density at radius 3 is 2.11 bits per heavy atom. The van der Waals surface area contributed by atoms with Gasteiger partial charge in [0.25, 0.3) is 0 Å². The predicted molar refractivity (Wildman–Crippen MR) is 71.9 cm³/mol. The van der Waals surface area contributed by atoms with E-state index >= 15 is 0 Å². The maximum atomic E-state index is 6.09. The first-order valence-electron chi connectivity index (χ1n) is 6.92. The van der Waals surface area contributed by atoms with E-state index in [4.69, 9.17) is 9.47 Å². The van der Waals surface area contributed by atoms with Gasteiger partial charge >= 0.3 is 0 Å². The minimum absolute atomic E-state index is 0.0175. The number of methoxy groups -OCH3 is 2. The molecule has 1 aromatic rings. The lowest BCUT2D eigenvalue weighted by Gasteiger charge is -2.35. The lowest BCUT2D eigenvalue weighted by Crippen LogP contribution is -2.34. The van der Waals surface area contributed by atoms with E-state index in [0.717, 1.165) is 5.75 Å². The van der Waals surface area contributed by atoms with E-state index in [2.05, 4.69) is 25.1 Å². The van der Waals surface area contributed by atoms with Crippen LogP contribution in [0.15, 0.2) is 18.2 Å². The minimum atomic E-state index is -0.0175. The summed E-state index contributed by atoms with van der Waals surface area (Å²) < 4.78 is 11.4. The van der Waals surface area contributed by atoms with Gasteiger partial charge in [-0.15, -0.1) is 0 Å². The van der Waals surface area contributed by atoms with Crippen LogP contribution in [0.3, 0.4) is 0 Å². The van der Waals surface area contributed by atoms with Crippen molar-refractivity contribution in [2.24, 2.45) is 11.8 Å². The van der Waals surface area contributed by atoms with Crippen molar-refractivity contribution < 1.29 is 9.47 Å². The Morgan fingerprint density at radius 2 is 1.67 bits per heavy atom. The average Bonchev–Trinajstić information content (AvgIpc) is 2.94. The fourth-order valence-corrected chi connectivity index (χ4v) is 4.37. The van der Waals surface area contributed by atoms with E-state index in [9.17, 15) is 0 Å². The maximum Gasteiger partial charge on any atom is 0.119 e. The molecule has 1 aromatic carbocycles. The number of aryl methyl sites for hydroxylation is 1. The van der Waals surface area contributed by atoms with Crippen molar-refractivity contribution in [2.45, 2.75) is 38.2 Å². The molecule has 0 aliphatic heterocycles. The first-order chi connectivity index (χ1) is 8.72. The molecule has 0 unspecified atom stereocenters. The molecule has 2 bridgehead atoms. The van der Waals surface area contributed by atoms with Gasteiger partial charge in [-0.1, -0.05) is 6.07 Å². The molecule has 0 heterocycles. The highest BCUT2D eigenvalue weighted by molar-refractivity contribution is 5.40. The van der Waals surface area contributed by atoms with Crippen LogP contribution in [0, 0.1) is 18.8 Å². The van der Waals surface area contributed by atoms with E-state index in [1.54, 1.807) is 7.11 Å². The zero-order valence-corrected chi connectivity index (χ0v) is 11.5. The Bertz CT molecular complexity index is 432. The van der Waals surface area contributed by atoms with Gasteiger partial charge in [0.15, 0.2) is 0 Å². The third-order valence-electron chi connectivity index (χ3n) is 5.13. The van der Waals surface area contributed by atoms with Gasteiger partial charge in [0.1, 0.15) is 5.75 Å². The lowest BCUT2D eigenvalue weighted by molar-refractivity contribution is -0.0548. The van der Waals surface area contributed by atoms with Gasteiger partial charge in [-0.25, -0.2) is 0 Å². The van der Waals surface area contributed by atoms with Gasteiger partial charge in [0.05, 0.1) is 12.7 Å². The number of hydrogen-bond donors (Lipinski definition) is 0. The standard InChI is InChI=1S/C16H22O2/c1-11-10-14(17-2)8-9-15(11)16(18-3)12-4-5-13(16)7-6-12/h8-10,12-13H,4-7H2,1-3H3. The molecule has 0 N–H and O–H groups in total. The first kappa shape index (κ1) is 12.0. The maximum absolute atomic E-state index is 6.09. The van der Waals surface area contributed by atoms with Gasteiger partial charge in [-0.05, 0) is 67.7 Å². The lowest BCUT2D eigenvalue weighted by atomic mass is 9.81. The highest BCUT2D eigenvalue weighted by Crippen LogP contribution is 2.60. The van der Waals surface area contributed by atoms with Crippen molar-refractivity contribution in [2.75, 3.05) is 14.2 Å². The van der Waals surface area contributed by atoms with Crippen LogP contribution in [-0.4, -0.2) is 14.2 Å². The predicted octanol–water partition coefficient (Wildman–Crippen LogP) is 3.67. The molecule has 0 atom stereocenters. The summed E-state index contributed by atoms with van der Waals surface area (Å²) in [6, 6.07) is 6.42. The second-order valence-electron chi connectivity index (χ2n) is 5.73. The number of fused-ring (bicyclic) bond motifs is 2. The van der Waals surface area contributed by atoms with E-state index < -0.39 is 0 Å². The highest BCUT2D eigenvalue weighted by atomic mass is 16.5. The molecule has 98 valence electrons. The topological polar surface area (TPSA) is 18.5 Å². The third-order valence-corrected chi connectivity index (χ3v) is 5.13. The second-order valence-corrected chi connectivity index (χ2v) is 5.73. The molecule has 0 radical (unpaired) electrons. The summed E-state index contributed by atoms with van der Waals surface area (Å²) in [5.74, 6) is 2.35. The summed E-state index contributed by atoms with van der Waals surface area (Å²) in [5, 5.41) is 0. The molecule has 18 heavy (non-hydrogen) atoms. The number of hydrogen-bond acceptors (Lipinski definition) is 2. The van der Waals surface area contributed by atoms with Crippen LogP contribution in [0.2, 0.25) is 0 Å². The molecule has 2 heteroatoms. The van der Waals surface area contributed by atoms with Crippen molar-refractivity contribution in [1.29, 1.82) is 0 Å². The Labute approximate surface area is 109 Å². The number of rotatable bonds is 3. The molecule has 2 aliphatic carbocycles. The smallest absolute Gasteiger partial charge is 0.119 e. The molecule has 3 rings (SSSR count). The largest absolute Gasteiger partial charge is 0.497 e. The Morgan fingerprint density at radius 1 is 1.06 bits per heavy atom. The third kappa shape index (κ3) is 1.45. The van der Waals surface area contributed by atoms with Crippen LogP contribution in [0.5, 0.6) is 5.75 Å². The van der Waals surface area contributed by atoms with Crippen LogP contribution in [0.25, 0.3) is 0 Å². The number of benzene rings is 1. The van der Waals surface area contributed by atoms with Crippen molar-refractivity contribution in [3.8, 4) is 5.75 Å². The Balaban J connectivity index is 2.07. The zero-order chi connectivity index (χ0) is 12.8. The fraction of sp³-hybridized carbons (Fsp3) is 0.625. The Hall–Kier alpha value is -1.02. The molecular formula is C16H22O2. The van der Waals surface area contributed by atoms with Gasteiger partial charge in [-0.2, -0.15) is 0 Å². The van der Waals surface area contributed by atoms with Crippen molar-refractivity contribution in [3.05, 3.63) is 29.3 Å². The van der Waals surface area contributed by atoms with E-state index in [1.165, 1.54) is 36.8 Å². The summed E-state index contributed by atoms with van der Waals surface area (Å²) in [7, 11) is 3.61. The molecule has 0 amide bonds. The fourth-order valence-electron chi connectivity index (χ4n) is 4.37. The first-order valence-corrected chi connectivity index (χ1v) is 6.92. The van der Waals surface area contributed by atoms with Crippen LogP contribution < -0.4 is 4.74 Å². The SMILES string of the molecule is COc1ccc(C2(OC)C3CCC2CC3)c(C)c1. The molecule has 0 spiro atoms. The van der Waals surface area contributed by atoms with Crippen LogP contribution in [0.1, 0.15) is 36.8 Å². The van der Waals surface area contributed by atoms with Crippen molar-refractivity contribution >= 4 is 0 Å². The summed E-state index contributed by atoms with van der Waals surface area (Å²) in [4.78, 5) is 0. The van der Waals surface area contributed by atoms with Gasteiger partial charge in [0.2, 0.25) is 0 Å². The van der Waals surface area contributed by atoms with Gasteiger partial charge < -0.3 is 9.47 Å². The van der Waals surface area contributed by atoms with Crippen LogP contribution in [0.4, 0.5) is 0 Å². The van der Waals surface area contributed by atoms with Crippen molar-refractivity contribution in [1.82, 2.24) is 0 Å². The molecular weight excluding hydrogens is 224 g/mol. The van der Waals surface area contributed by atoms with E-state index in [1.807, 2.05) is 7.11 Å². The molecule has 2 fully saturated rings. The summed E-state index contributed by atoms with van der Waals surface area (Å²) in [6.07, 6.45) is 5.29. The van der Waals surface area contributed by atoms with E-state index in [-0.39, 0.29) is 5.60 Å². The Kier molecular flexibility index (Phi) is 2.86. The molecule has 2 aliphatic rings.